The summed E-state index contributed by atoms with van der Waals surface area (Å²) in [4.78, 5) is 26.1. The second kappa shape index (κ2) is 8.67. The van der Waals surface area contributed by atoms with Gasteiger partial charge in [0.1, 0.15) is 11.1 Å². The van der Waals surface area contributed by atoms with E-state index >= 15 is 0 Å². The summed E-state index contributed by atoms with van der Waals surface area (Å²) in [5.74, 6) is 1.31. The molecule has 5 nitrogen and oxygen atoms in total. The number of thioether (sulfide) groups is 1. The quantitative estimate of drug-likeness (QED) is 0.727. The van der Waals surface area contributed by atoms with Crippen molar-refractivity contribution in [2.24, 2.45) is 0 Å². The molecule has 2 amide bonds. The molecule has 0 bridgehead atoms. The molecule has 0 saturated carbocycles. The van der Waals surface area contributed by atoms with Crippen LogP contribution >= 0.6 is 23.4 Å². The van der Waals surface area contributed by atoms with E-state index in [1.165, 1.54) is 0 Å². The normalized spacial score (nSPS) is 16.5. The summed E-state index contributed by atoms with van der Waals surface area (Å²) in [6.07, 6.45) is 0.275. The highest BCUT2D eigenvalue weighted by atomic mass is 35.5. The Bertz CT molecular complexity index is 842. The Morgan fingerprint density at radius 3 is 2.70 bits per heavy atom. The monoisotopic (exact) mass is 404 g/mol. The summed E-state index contributed by atoms with van der Waals surface area (Å²) in [5, 5.41) is 2.67. The number of benzene rings is 2. The maximum absolute atomic E-state index is 12.6. The standard InChI is InChI=1S/C20H21ClN2O3S/c1-13-3-8-17(26-2)16(11-13)23-19(25)12-27-20(23)14-4-6-15(7-5-14)22-18(24)9-10-21/h3-8,11,20H,9-10,12H2,1-2H3,(H,22,24). The SMILES string of the molecule is COc1ccc(C)cc1N1C(=O)CSC1c1ccc(NC(=O)CCCl)cc1. The maximum Gasteiger partial charge on any atom is 0.238 e. The van der Waals surface area contributed by atoms with Gasteiger partial charge in [0, 0.05) is 18.0 Å². The lowest BCUT2D eigenvalue weighted by atomic mass is 10.1. The van der Waals surface area contributed by atoms with Crippen molar-refractivity contribution in [3.63, 3.8) is 0 Å². The van der Waals surface area contributed by atoms with Crippen LogP contribution in [0.3, 0.4) is 0 Å². The van der Waals surface area contributed by atoms with Crippen LogP contribution in [-0.4, -0.2) is 30.6 Å². The van der Waals surface area contributed by atoms with Gasteiger partial charge in [0.2, 0.25) is 11.8 Å². The number of nitrogens with one attached hydrogen (secondary N) is 1. The summed E-state index contributed by atoms with van der Waals surface area (Å²) in [7, 11) is 1.61. The summed E-state index contributed by atoms with van der Waals surface area (Å²) < 4.78 is 5.47. The van der Waals surface area contributed by atoms with Gasteiger partial charge in [-0.15, -0.1) is 23.4 Å². The first-order chi connectivity index (χ1) is 13.0. The number of amides is 2. The van der Waals surface area contributed by atoms with E-state index in [1.807, 2.05) is 49.4 Å². The van der Waals surface area contributed by atoms with Crippen molar-refractivity contribution in [2.75, 3.05) is 29.0 Å². The Morgan fingerprint density at radius 2 is 2.04 bits per heavy atom. The van der Waals surface area contributed by atoms with E-state index < -0.39 is 0 Å². The van der Waals surface area contributed by atoms with Gasteiger partial charge in [-0.2, -0.15) is 0 Å². The molecule has 0 aromatic heterocycles. The molecule has 1 unspecified atom stereocenters. The topological polar surface area (TPSA) is 58.6 Å². The van der Waals surface area contributed by atoms with Crippen LogP contribution in [0.15, 0.2) is 42.5 Å². The van der Waals surface area contributed by atoms with Crippen LogP contribution < -0.4 is 15.0 Å². The molecule has 1 aliphatic rings. The molecule has 142 valence electrons. The number of hydrogen-bond acceptors (Lipinski definition) is 4. The Hall–Kier alpha value is -2.18. The highest BCUT2D eigenvalue weighted by Crippen LogP contribution is 2.45. The molecule has 1 aliphatic heterocycles. The van der Waals surface area contributed by atoms with Crippen molar-refractivity contribution in [3.05, 3.63) is 53.6 Å². The van der Waals surface area contributed by atoms with Crippen molar-refractivity contribution < 1.29 is 14.3 Å². The summed E-state index contributed by atoms with van der Waals surface area (Å²) in [5.41, 5.74) is 3.54. The molecular weight excluding hydrogens is 384 g/mol. The van der Waals surface area contributed by atoms with E-state index in [1.54, 1.807) is 23.8 Å². The van der Waals surface area contributed by atoms with E-state index in [0.29, 0.717) is 17.2 Å². The zero-order valence-corrected chi connectivity index (χ0v) is 16.8. The first kappa shape index (κ1) is 19.6. The predicted octanol–water partition coefficient (Wildman–Crippen LogP) is 4.35. The molecule has 2 aromatic rings. The van der Waals surface area contributed by atoms with Gasteiger partial charge in [-0.25, -0.2) is 0 Å². The van der Waals surface area contributed by atoms with E-state index in [2.05, 4.69) is 5.32 Å². The van der Waals surface area contributed by atoms with Crippen molar-refractivity contribution in [2.45, 2.75) is 18.7 Å². The van der Waals surface area contributed by atoms with Crippen LogP contribution in [0.25, 0.3) is 0 Å². The molecule has 1 fully saturated rings. The number of hydrogen-bond donors (Lipinski definition) is 1. The van der Waals surface area contributed by atoms with Gasteiger partial charge in [-0.1, -0.05) is 18.2 Å². The summed E-state index contributed by atoms with van der Waals surface area (Å²) in [6.45, 7) is 1.99. The number of halogens is 1. The number of nitrogens with zero attached hydrogens (tertiary/aromatic N) is 1. The Morgan fingerprint density at radius 1 is 1.30 bits per heavy atom. The molecule has 1 atom stereocenters. The predicted molar refractivity (Wildman–Crippen MR) is 111 cm³/mol. The average molecular weight is 405 g/mol. The molecule has 0 radical (unpaired) electrons. The molecule has 1 N–H and O–H groups in total. The zero-order valence-electron chi connectivity index (χ0n) is 15.2. The molecule has 27 heavy (non-hydrogen) atoms. The fourth-order valence-corrected chi connectivity index (χ4v) is 4.30. The first-order valence-corrected chi connectivity index (χ1v) is 10.2. The van der Waals surface area contributed by atoms with Gasteiger partial charge in [-0.3, -0.25) is 14.5 Å². The van der Waals surface area contributed by atoms with E-state index in [-0.39, 0.29) is 29.5 Å². The van der Waals surface area contributed by atoms with Crippen LogP contribution in [0.5, 0.6) is 5.75 Å². The number of anilines is 2. The number of alkyl halides is 1. The Balaban J connectivity index is 1.86. The van der Waals surface area contributed by atoms with Gasteiger partial charge in [0.15, 0.2) is 0 Å². The minimum absolute atomic E-state index is 0.0494. The van der Waals surface area contributed by atoms with Crippen molar-refractivity contribution in [1.82, 2.24) is 0 Å². The lowest BCUT2D eigenvalue weighted by Gasteiger charge is -2.26. The minimum atomic E-state index is -0.138. The molecule has 2 aromatic carbocycles. The number of ether oxygens (including phenoxy) is 1. The highest BCUT2D eigenvalue weighted by Gasteiger charge is 2.35. The van der Waals surface area contributed by atoms with Crippen LogP contribution in [0.2, 0.25) is 0 Å². The second-order valence-corrected chi connectivity index (χ2v) is 7.66. The third-order valence-corrected chi connectivity index (χ3v) is 5.66. The van der Waals surface area contributed by atoms with Gasteiger partial charge < -0.3 is 10.1 Å². The fourth-order valence-electron chi connectivity index (χ4n) is 2.96. The average Bonchev–Trinajstić information content (AvgIpc) is 3.04. The number of aryl methyl sites for hydroxylation is 1. The highest BCUT2D eigenvalue weighted by molar-refractivity contribution is 8.00. The smallest absolute Gasteiger partial charge is 0.238 e. The fraction of sp³-hybridized carbons (Fsp3) is 0.300. The van der Waals surface area contributed by atoms with Crippen LogP contribution in [0, 0.1) is 6.92 Å². The number of methoxy groups -OCH3 is 1. The molecule has 0 aliphatic carbocycles. The van der Waals surface area contributed by atoms with Crippen molar-refractivity contribution in [1.29, 1.82) is 0 Å². The Labute approximate surface area is 168 Å². The lowest BCUT2D eigenvalue weighted by Crippen LogP contribution is -2.28. The second-order valence-electron chi connectivity index (χ2n) is 6.21. The third kappa shape index (κ3) is 4.39. The molecular formula is C20H21ClN2O3S. The number of rotatable bonds is 6. The van der Waals surface area contributed by atoms with Gasteiger partial charge in [0.25, 0.3) is 0 Å². The molecule has 7 heteroatoms. The summed E-state index contributed by atoms with van der Waals surface area (Å²) >= 11 is 7.16. The van der Waals surface area contributed by atoms with Gasteiger partial charge >= 0.3 is 0 Å². The molecule has 1 saturated heterocycles. The van der Waals surface area contributed by atoms with Gasteiger partial charge in [-0.05, 0) is 42.3 Å². The van der Waals surface area contributed by atoms with E-state index in [9.17, 15) is 9.59 Å². The molecule has 0 spiro atoms. The van der Waals surface area contributed by atoms with Crippen LogP contribution in [-0.2, 0) is 9.59 Å². The first-order valence-electron chi connectivity index (χ1n) is 8.57. The van der Waals surface area contributed by atoms with Crippen molar-refractivity contribution in [3.8, 4) is 5.75 Å². The number of carbonyl (C=O) groups is 2. The minimum Gasteiger partial charge on any atom is -0.495 e. The molecule has 1 heterocycles. The van der Waals surface area contributed by atoms with E-state index in [4.69, 9.17) is 16.3 Å². The largest absolute Gasteiger partial charge is 0.495 e. The van der Waals surface area contributed by atoms with Crippen molar-refractivity contribution >= 4 is 46.6 Å². The molecule has 3 rings (SSSR count). The Kier molecular flexibility index (Phi) is 6.29. The summed E-state index contributed by atoms with van der Waals surface area (Å²) in [6, 6.07) is 13.4. The van der Waals surface area contributed by atoms with Crippen LogP contribution in [0.1, 0.15) is 22.9 Å². The lowest BCUT2D eigenvalue weighted by molar-refractivity contribution is -0.116. The van der Waals surface area contributed by atoms with Crippen LogP contribution in [0.4, 0.5) is 11.4 Å². The van der Waals surface area contributed by atoms with E-state index in [0.717, 1.165) is 16.8 Å². The van der Waals surface area contributed by atoms with Gasteiger partial charge in [0.05, 0.1) is 18.6 Å². The third-order valence-electron chi connectivity index (χ3n) is 4.26. The zero-order chi connectivity index (χ0) is 19.4. The number of carbonyl (C=O) groups excluding carboxylic acids is 2. The maximum atomic E-state index is 12.6.